The minimum absolute atomic E-state index is 0.0916. The zero-order chi connectivity index (χ0) is 22.1. The number of hydrogen-bond donors (Lipinski definition) is 1. The summed E-state index contributed by atoms with van der Waals surface area (Å²) in [6.07, 6.45) is 2.94. The van der Waals surface area contributed by atoms with Crippen molar-refractivity contribution in [1.82, 2.24) is 19.2 Å². The van der Waals surface area contributed by atoms with E-state index >= 15 is 0 Å². The number of pyridine rings is 1. The first-order chi connectivity index (χ1) is 14.9. The van der Waals surface area contributed by atoms with Crippen LogP contribution in [0.3, 0.4) is 0 Å². The standard InChI is InChI=1S/C25H33N5O/c1-6-20-9-7-8-17(2)22(20)15-26-23-14-21(16-30-19(4)18(3)27-24(23)30)25(31)29-12-10-28(5)11-13-29/h7-9,14,16,26H,6,10-13,15H2,1-5H3. The molecule has 0 unspecified atom stereocenters. The maximum Gasteiger partial charge on any atom is 0.255 e. The first-order valence-electron chi connectivity index (χ1n) is 11.2. The number of rotatable bonds is 5. The number of carbonyl (C=O) groups excluding carboxylic acids is 1. The van der Waals surface area contributed by atoms with Crippen molar-refractivity contribution in [3.63, 3.8) is 0 Å². The highest BCUT2D eigenvalue weighted by Crippen LogP contribution is 2.25. The van der Waals surface area contributed by atoms with Gasteiger partial charge in [-0.3, -0.25) is 4.79 Å². The number of amides is 1. The molecular formula is C25H33N5O. The van der Waals surface area contributed by atoms with Crippen LogP contribution in [0.5, 0.6) is 0 Å². The minimum atomic E-state index is 0.0916. The highest BCUT2D eigenvalue weighted by Gasteiger charge is 2.22. The molecule has 4 rings (SSSR count). The van der Waals surface area contributed by atoms with Crippen LogP contribution in [0.15, 0.2) is 30.5 Å². The summed E-state index contributed by atoms with van der Waals surface area (Å²) in [7, 11) is 2.10. The third kappa shape index (κ3) is 4.17. The summed E-state index contributed by atoms with van der Waals surface area (Å²) < 4.78 is 2.06. The average molecular weight is 420 g/mol. The largest absolute Gasteiger partial charge is 0.378 e. The zero-order valence-electron chi connectivity index (χ0n) is 19.3. The van der Waals surface area contributed by atoms with Crippen molar-refractivity contribution in [3.8, 4) is 0 Å². The van der Waals surface area contributed by atoms with Crippen LogP contribution in [0.1, 0.15) is 45.4 Å². The van der Waals surface area contributed by atoms with E-state index in [1.165, 1.54) is 16.7 Å². The number of aryl methyl sites for hydroxylation is 4. The molecule has 31 heavy (non-hydrogen) atoms. The lowest BCUT2D eigenvalue weighted by atomic mass is 10.00. The Hall–Kier alpha value is -2.86. The predicted molar refractivity (Wildman–Crippen MR) is 126 cm³/mol. The fourth-order valence-corrected chi connectivity index (χ4v) is 4.34. The van der Waals surface area contributed by atoms with Gasteiger partial charge in [0, 0.05) is 44.6 Å². The normalized spacial score (nSPS) is 14.9. The van der Waals surface area contributed by atoms with Gasteiger partial charge in [-0.15, -0.1) is 0 Å². The van der Waals surface area contributed by atoms with Gasteiger partial charge in [0.2, 0.25) is 0 Å². The average Bonchev–Trinajstić information content (AvgIpc) is 3.06. The summed E-state index contributed by atoms with van der Waals surface area (Å²) in [5, 5.41) is 3.60. The molecule has 1 amide bonds. The van der Waals surface area contributed by atoms with Gasteiger partial charge >= 0.3 is 0 Å². The summed E-state index contributed by atoms with van der Waals surface area (Å²) in [5.74, 6) is 0.0916. The summed E-state index contributed by atoms with van der Waals surface area (Å²) in [6, 6.07) is 8.44. The Kier molecular flexibility index (Phi) is 6.01. The topological polar surface area (TPSA) is 52.9 Å². The Morgan fingerprint density at radius 2 is 1.87 bits per heavy atom. The molecule has 1 N–H and O–H groups in total. The number of likely N-dealkylation sites (N-methyl/N-ethyl adjacent to an activating group) is 1. The van der Waals surface area contributed by atoms with Gasteiger partial charge in [0.1, 0.15) is 0 Å². The first kappa shape index (κ1) is 21.4. The molecule has 1 aromatic carbocycles. The molecule has 3 aromatic rings. The quantitative estimate of drug-likeness (QED) is 0.683. The minimum Gasteiger partial charge on any atom is -0.378 e. The Labute approximate surface area is 184 Å². The number of benzene rings is 1. The van der Waals surface area contributed by atoms with Gasteiger partial charge in [-0.1, -0.05) is 25.1 Å². The van der Waals surface area contributed by atoms with E-state index in [1.807, 2.05) is 24.1 Å². The fourth-order valence-electron chi connectivity index (χ4n) is 4.34. The molecule has 1 aliphatic rings. The van der Waals surface area contributed by atoms with Crippen LogP contribution in [0.4, 0.5) is 5.69 Å². The number of hydrogen-bond acceptors (Lipinski definition) is 4. The van der Waals surface area contributed by atoms with Crippen LogP contribution < -0.4 is 5.32 Å². The lowest BCUT2D eigenvalue weighted by Gasteiger charge is -2.32. The number of carbonyl (C=O) groups is 1. The van der Waals surface area contributed by atoms with Crippen molar-refractivity contribution < 1.29 is 4.79 Å². The Morgan fingerprint density at radius 3 is 2.58 bits per heavy atom. The molecule has 3 heterocycles. The number of aromatic nitrogens is 2. The van der Waals surface area contributed by atoms with E-state index in [1.54, 1.807) is 0 Å². The van der Waals surface area contributed by atoms with Crippen LogP contribution in [0.2, 0.25) is 0 Å². The van der Waals surface area contributed by atoms with E-state index in [-0.39, 0.29) is 5.91 Å². The Balaban J connectivity index is 1.69. The van der Waals surface area contributed by atoms with Gasteiger partial charge in [-0.05, 0) is 57.0 Å². The predicted octanol–water partition coefficient (Wildman–Crippen LogP) is 3.82. The maximum atomic E-state index is 13.3. The van der Waals surface area contributed by atoms with Crippen LogP contribution >= 0.6 is 0 Å². The lowest BCUT2D eigenvalue weighted by Crippen LogP contribution is -2.47. The second-order valence-electron chi connectivity index (χ2n) is 8.63. The second-order valence-corrected chi connectivity index (χ2v) is 8.63. The summed E-state index contributed by atoms with van der Waals surface area (Å²) in [6.45, 7) is 12.5. The maximum absolute atomic E-state index is 13.3. The van der Waals surface area contributed by atoms with E-state index in [2.05, 4.69) is 60.6 Å². The van der Waals surface area contributed by atoms with Crippen molar-refractivity contribution >= 4 is 17.2 Å². The van der Waals surface area contributed by atoms with Gasteiger partial charge in [0.15, 0.2) is 5.65 Å². The van der Waals surface area contributed by atoms with Crippen molar-refractivity contribution in [2.45, 2.75) is 40.7 Å². The molecule has 0 radical (unpaired) electrons. The molecule has 1 saturated heterocycles. The smallest absolute Gasteiger partial charge is 0.255 e. The van der Waals surface area contributed by atoms with Crippen LogP contribution in [0.25, 0.3) is 5.65 Å². The molecule has 0 spiro atoms. The Morgan fingerprint density at radius 1 is 1.13 bits per heavy atom. The van der Waals surface area contributed by atoms with Gasteiger partial charge in [-0.25, -0.2) is 4.98 Å². The van der Waals surface area contributed by atoms with Crippen LogP contribution in [-0.2, 0) is 13.0 Å². The fraction of sp³-hybridized carbons (Fsp3) is 0.440. The highest BCUT2D eigenvalue weighted by molar-refractivity contribution is 5.96. The van der Waals surface area contributed by atoms with Gasteiger partial charge < -0.3 is 19.5 Å². The highest BCUT2D eigenvalue weighted by atomic mass is 16.2. The van der Waals surface area contributed by atoms with Gasteiger partial charge in [0.25, 0.3) is 5.91 Å². The van der Waals surface area contributed by atoms with E-state index in [0.717, 1.165) is 55.3 Å². The number of piperazine rings is 1. The molecule has 1 fully saturated rings. The molecule has 0 saturated carbocycles. The van der Waals surface area contributed by atoms with Crippen LogP contribution in [-0.4, -0.2) is 58.3 Å². The molecule has 0 bridgehead atoms. The molecule has 6 nitrogen and oxygen atoms in total. The van der Waals surface area contributed by atoms with Crippen LogP contribution in [0, 0.1) is 20.8 Å². The molecule has 1 aliphatic heterocycles. The number of nitrogens with one attached hydrogen (secondary N) is 1. The number of nitrogens with zero attached hydrogens (tertiary/aromatic N) is 4. The Bertz CT molecular complexity index is 1110. The van der Waals surface area contributed by atoms with E-state index < -0.39 is 0 Å². The number of anilines is 1. The lowest BCUT2D eigenvalue weighted by molar-refractivity contribution is 0.0663. The van der Waals surface area contributed by atoms with E-state index in [9.17, 15) is 4.79 Å². The summed E-state index contributed by atoms with van der Waals surface area (Å²) >= 11 is 0. The molecular weight excluding hydrogens is 386 g/mol. The molecule has 2 aromatic heterocycles. The number of imidazole rings is 1. The van der Waals surface area contributed by atoms with Gasteiger partial charge in [-0.2, -0.15) is 0 Å². The van der Waals surface area contributed by atoms with Crippen molar-refractivity contribution in [2.75, 3.05) is 38.5 Å². The molecule has 6 heteroatoms. The number of fused-ring (bicyclic) bond motifs is 1. The second kappa shape index (κ2) is 8.71. The van der Waals surface area contributed by atoms with Crippen molar-refractivity contribution in [2.24, 2.45) is 0 Å². The van der Waals surface area contributed by atoms with Crippen molar-refractivity contribution in [1.29, 1.82) is 0 Å². The molecule has 0 atom stereocenters. The summed E-state index contributed by atoms with van der Waals surface area (Å²) in [4.78, 5) is 22.3. The third-order valence-electron chi connectivity index (χ3n) is 6.58. The van der Waals surface area contributed by atoms with Crippen molar-refractivity contribution in [3.05, 3.63) is 64.1 Å². The molecule has 164 valence electrons. The molecule has 0 aliphatic carbocycles. The first-order valence-corrected chi connectivity index (χ1v) is 11.2. The third-order valence-corrected chi connectivity index (χ3v) is 6.58. The van der Waals surface area contributed by atoms with Gasteiger partial charge in [0.05, 0.1) is 16.9 Å². The summed E-state index contributed by atoms with van der Waals surface area (Å²) in [5.41, 5.74) is 8.48. The monoisotopic (exact) mass is 419 g/mol. The van der Waals surface area contributed by atoms with E-state index in [0.29, 0.717) is 12.1 Å². The zero-order valence-corrected chi connectivity index (χ0v) is 19.3. The SMILES string of the molecule is CCc1cccc(C)c1CNc1cc(C(=O)N2CCN(C)CC2)cn2c(C)c(C)nc12. The van der Waals surface area contributed by atoms with E-state index in [4.69, 9.17) is 4.98 Å².